The summed E-state index contributed by atoms with van der Waals surface area (Å²) in [6.45, 7) is 7.44. The fourth-order valence-electron chi connectivity index (χ4n) is 2.59. The van der Waals surface area contributed by atoms with Gasteiger partial charge in [0.25, 0.3) is 0 Å². The molecule has 0 bridgehead atoms. The van der Waals surface area contributed by atoms with E-state index in [1.54, 1.807) is 14.0 Å². The van der Waals surface area contributed by atoms with Crippen molar-refractivity contribution in [3.8, 4) is 5.75 Å². The molecule has 0 aliphatic rings. The first-order chi connectivity index (χ1) is 14.0. The van der Waals surface area contributed by atoms with Crippen LogP contribution in [0.15, 0.2) is 35.3 Å². The lowest BCUT2D eigenvalue weighted by molar-refractivity contribution is 0.0531. The number of para-hydroxylation sites is 1. The number of rotatable bonds is 10. The molecular formula is C21H30N4O3S. The molecule has 1 aromatic heterocycles. The van der Waals surface area contributed by atoms with Crippen LogP contribution in [0.25, 0.3) is 0 Å². The first kappa shape index (κ1) is 22.7. The summed E-state index contributed by atoms with van der Waals surface area (Å²) in [6.07, 6.45) is 1.91. The summed E-state index contributed by atoms with van der Waals surface area (Å²) in [5, 5.41) is 7.44. The molecule has 29 heavy (non-hydrogen) atoms. The minimum atomic E-state index is -0.318. The molecule has 8 heteroatoms. The van der Waals surface area contributed by atoms with Crippen LogP contribution >= 0.6 is 11.3 Å². The van der Waals surface area contributed by atoms with Gasteiger partial charge in [-0.2, -0.15) is 0 Å². The zero-order valence-corrected chi connectivity index (χ0v) is 18.3. The van der Waals surface area contributed by atoms with Crippen LogP contribution in [0.1, 0.15) is 53.1 Å². The quantitative estimate of drug-likeness (QED) is 0.265. The average Bonchev–Trinajstić information content (AvgIpc) is 3.12. The number of ether oxygens (including phenoxy) is 2. The van der Waals surface area contributed by atoms with Gasteiger partial charge in [-0.15, -0.1) is 11.3 Å². The van der Waals surface area contributed by atoms with Crippen molar-refractivity contribution in [1.29, 1.82) is 0 Å². The number of hydrogen-bond donors (Lipinski definition) is 2. The number of guanidine groups is 1. The molecule has 0 fully saturated rings. The third kappa shape index (κ3) is 7.38. The smallest absolute Gasteiger partial charge is 0.350 e. The zero-order valence-electron chi connectivity index (χ0n) is 17.5. The van der Waals surface area contributed by atoms with Crippen molar-refractivity contribution in [2.45, 2.75) is 39.7 Å². The molecule has 1 atom stereocenters. The van der Waals surface area contributed by atoms with Crippen LogP contribution in [0.3, 0.4) is 0 Å². The van der Waals surface area contributed by atoms with Crippen molar-refractivity contribution in [1.82, 2.24) is 15.6 Å². The molecule has 7 nitrogen and oxygen atoms in total. The van der Waals surface area contributed by atoms with Crippen molar-refractivity contribution >= 4 is 23.3 Å². The number of hydrogen-bond acceptors (Lipinski definition) is 6. The topological polar surface area (TPSA) is 84.8 Å². The van der Waals surface area contributed by atoms with E-state index >= 15 is 0 Å². The number of aliphatic imine (C=N–C) groups is 1. The van der Waals surface area contributed by atoms with Crippen LogP contribution in [0, 0.1) is 6.92 Å². The number of aryl methyl sites for hydroxylation is 1. The number of thiazole rings is 1. The lowest BCUT2D eigenvalue weighted by Crippen LogP contribution is -2.39. The second-order valence-electron chi connectivity index (χ2n) is 6.42. The Morgan fingerprint density at radius 1 is 1.28 bits per heavy atom. The fraction of sp³-hybridized carbons (Fsp3) is 0.476. The molecule has 0 spiro atoms. The summed E-state index contributed by atoms with van der Waals surface area (Å²) in [7, 11) is 1.73. The number of esters is 1. The third-order valence-electron chi connectivity index (χ3n) is 4.10. The number of unbranched alkanes of at least 4 members (excludes halogenated alkanes) is 1. The second-order valence-corrected chi connectivity index (χ2v) is 7.45. The van der Waals surface area contributed by atoms with Gasteiger partial charge in [0.1, 0.15) is 15.6 Å². The monoisotopic (exact) mass is 418 g/mol. The highest BCUT2D eigenvalue weighted by Gasteiger charge is 2.20. The van der Waals surface area contributed by atoms with Crippen molar-refractivity contribution in [3.05, 3.63) is 45.9 Å². The third-order valence-corrected chi connectivity index (χ3v) is 5.42. The Bertz CT molecular complexity index is 792. The Balaban J connectivity index is 1.73. The molecule has 1 unspecified atom stereocenters. The molecule has 0 aliphatic carbocycles. The summed E-state index contributed by atoms with van der Waals surface area (Å²) in [5.74, 6) is 1.28. The molecular weight excluding hydrogens is 388 g/mol. The number of carbonyl (C=O) groups excluding carboxylic acids is 1. The SMILES string of the molecule is CCOC(=O)c1sc(C(C)NC(=NC)NCCCCOc2ccccc2)nc1C. The average molecular weight is 419 g/mol. The number of nitrogens with one attached hydrogen (secondary N) is 2. The molecule has 0 amide bonds. The normalized spacial score (nSPS) is 12.3. The summed E-state index contributed by atoms with van der Waals surface area (Å²) < 4.78 is 10.8. The second kappa shape index (κ2) is 12.1. The number of carbonyl (C=O) groups is 1. The number of nitrogens with zero attached hydrogens (tertiary/aromatic N) is 2. The van der Waals surface area contributed by atoms with Gasteiger partial charge >= 0.3 is 5.97 Å². The first-order valence-electron chi connectivity index (χ1n) is 9.84. The van der Waals surface area contributed by atoms with Gasteiger partial charge in [-0.3, -0.25) is 4.99 Å². The standard InChI is InChI=1S/C21H30N4O3S/c1-5-27-20(26)18-15(2)24-19(29-18)16(3)25-21(22-4)23-13-9-10-14-28-17-11-7-6-8-12-17/h6-8,11-12,16H,5,9-10,13-14H2,1-4H3,(H2,22,23,25). The Morgan fingerprint density at radius 2 is 2.03 bits per heavy atom. The van der Waals surface area contributed by atoms with Crippen LogP contribution in [0.5, 0.6) is 5.75 Å². The molecule has 0 aliphatic heterocycles. The van der Waals surface area contributed by atoms with Crippen LogP contribution in [0.2, 0.25) is 0 Å². The van der Waals surface area contributed by atoms with Gasteiger partial charge in [0.05, 0.1) is 24.9 Å². The first-order valence-corrected chi connectivity index (χ1v) is 10.7. The lowest BCUT2D eigenvalue weighted by atomic mass is 10.3. The van der Waals surface area contributed by atoms with E-state index < -0.39 is 0 Å². The van der Waals surface area contributed by atoms with Crippen LogP contribution in [-0.4, -0.2) is 43.7 Å². The van der Waals surface area contributed by atoms with Crippen molar-refractivity contribution < 1.29 is 14.3 Å². The summed E-state index contributed by atoms with van der Waals surface area (Å²) in [4.78, 5) is 21.3. The van der Waals surface area contributed by atoms with Gasteiger partial charge in [-0.25, -0.2) is 9.78 Å². The highest BCUT2D eigenvalue weighted by Crippen LogP contribution is 2.24. The van der Waals surface area contributed by atoms with E-state index in [1.807, 2.05) is 44.2 Å². The minimum Gasteiger partial charge on any atom is -0.494 e. The van der Waals surface area contributed by atoms with Crippen LogP contribution < -0.4 is 15.4 Å². The molecule has 0 saturated heterocycles. The summed E-state index contributed by atoms with van der Waals surface area (Å²) >= 11 is 1.35. The van der Waals surface area contributed by atoms with Gasteiger partial charge in [0.15, 0.2) is 5.96 Å². The van der Waals surface area contributed by atoms with E-state index in [-0.39, 0.29) is 12.0 Å². The zero-order chi connectivity index (χ0) is 21.1. The predicted molar refractivity (Wildman–Crippen MR) is 117 cm³/mol. The molecule has 1 aromatic carbocycles. The van der Waals surface area contributed by atoms with Gasteiger partial charge in [-0.05, 0) is 45.7 Å². The maximum absolute atomic E-state index is 12.0. The molecule has 2 rings (SSSR count). The minimum absolute atomic E-state index is 0.0745. The van der Waals surface area contributed by atoms with Gasteiger partial charge in [0, 0.05) is 13.6 Å². The molecule has 0 saturated carbocycles. The van der Waals surface area contributed by atoms with Crippen molar-refractivity contribution in [2.24, 2.45) is 4.99 Å². The van der Waals surface area contributed by atoms with E-state index in [2.05, 4.69) is 20.6 Å². The fourth-order valence-corrected chi connectivity index (χ4v) is 3.55. The van der Waals surface area contributed by atoms with Crippen molar-refractivity contribution in [3.63, 3.8) is 0 Å². The summed E-state index contributed by atoms with van der Waals surface area (Å²) in [5.41, 5.74) is 0.693. The van der Waals surface area contributed by atoms with E-state index in [0.717, 1.165) is 30.1 Å². The molecule has 158 valence electrons. The lowest BCUT2D eigenvalue weighted by Gasteiger charge is -2.16. The van der Waals surface area contributed by atoms with E-state index in [4.69, 9.17) is 9.47 Å². The Labute approximate surface area is 176 Å². The van der Waals surface area contributed by atoms with Crippen LogP contribution in [-0.2, 0) is 4.74 Å². The Kier molecular flexibility index (Phi) is 9.43. The van der Waals surface area contributed by atoms with Gasteiger partial charge in [0.2, 0.25) is 0 Å². The number of benzene rings is 1. The predicted octanol–water partition coefficient (Wildman–Crippen LogP) is 3.71. The molecule has 2 aromatic rings. The van der Waals surface area contributed by atoms with Gasteiger partial charge in [-0.1, -0.05) is 18.2 Å². The maximum Gasteiger partial charge on any atom is 0.350 e. The largest absolute Gasteiger partial charge is 0.494 e. The van der Waals surface area contributed by atoms with E-state index in [1.165, 1.54) is 11.3 Å². The summed E-state index contributed by atoms with van der Waals surface area (Å²) in [6, 6.07) is 9.74. The van der Waals surface area contributed by atoms with Gasteiger partial charge < -0.3 is 20.1 Å². The molecule has 0 radical (unpaired) electrons. The highest BCUT2D eigenvalue weighted by atomic mass is 32.1. The maximum atomic E-state index is 12.0. The molecule has 2 N–H and O–H groups in total. The number of aromatic nitrogens is 1. The Morgan fingerprint density at radius 3 is 2.72 bits per heavy atom. The van der Waals surface area contributed by atoms with E-state index in [0.29, 0.717) is 29.7 Å². The Hall–Kier alpha value is -2.61. The van der Waals surface area contributed by atoms with E-state index in [9.17, 15) is 4.79 Å². The highest BCUT2D eigenvalue weighted by molar-refractivity contribution is 7.13. The van der Waals surface area contributed by atoms with Crippen molar-refractivity contribution in [2.75, 3.05) is 26.8 Å². The van der Waals surface area contributed by atoms with Crippen LogP contribution in [0.4, 0.5) is 0 Å². The molecule has 1 heterocycles.